The van der Waals surface area contributed by atoms with Gasteiger partial charge in [-0.2, -0.15) is 0 Å². The average molecular weight is 270 g/mol. The number of carbonyl (C=O) groups excluding carboxylic acids is 2. The minimum absolute atomic E-state index is 0.00521. The maximum absolute atomic E-state index is 11.8. The van der Waals surface area contributed by atoms with Crippen LogP contribution in [-0.4, -0.2) is 47.4 Å². The predicted octanol–water partition coefficient (Wildman–Crippen LogP) is 0.472. The molecule has 2 unspecified atom stereocenters. The molecule has 0 aliphatic heterocycles. The van der Waals surface area contributed by atoms with Gasteiger partial charge in [-0.25, -0.2) is 0 Å². The number of aliphatic carboxylic acids is 1. The van der Waals surface area contributed by atoms with Crippen LogP contribution in [0.4, 0.5) is 0 Å². The van der Waals surface area contributed by atoms with Gasteiger partial charge in [0.2, 0.25) is 11.8 Å². The van der Waals surface area contributed by atoms with E-state index in [-0.39, 0.29) is 24.3 Å². The van der Waals surface area contributed by atoms with Gasteiger partial charge in [-0.1, -0.05) is 0 Å². The molecule has 2 N–H and O–H groups in total. The van der Waals surface area contributed by atoms with Crippen LogP contribution in [0.15, 0.2) is 0 Å². The first-order chi connectivity index (χ1) is 8.99. The summed E-state index contributed by atoms with van der Waals surface area (Å²) in [4.78, 5) is 36.0. The number of hydrogen-bond acceptors (Lipinski definition) is 3. The van der Waals surface area contributed by atoms with E-state index in [1.54, 1.807) is 4.90 Å². The molecule has 0 aromatic heterocycles. The van der Waals surface area contributed by atoms with Gasteiger partial charge in [0, 0.05) is 19.0 Å². The summed E-state index contributed by atoms with van der Waals surface area (Å²) in [6, 6.07) is 0. The van der Waals surface area contributed by atoms with Crippen LogP contribution in [0.5, 0.6) is 0 Å². The minimum atomic E-state index is -0.838. The molecule has 1 fully saturated rings. The van der Waals surface area contributed by atoms with E-state index in [9.17, 15) is 14.4 Å². The van der Waals surface area contributed by atoms with Gasteiger partial charge >= 0.3 is 5.97 Å². The maximum Gasteiger partial charge on any atom is 0.306 e. The molecular weight excluding hydrogens is 248 g/mol. The maximum atomic E-state index is 11.8. The third-order valence-corrected chi connectivity index (χ3v) is 3.68. The van der Waals surface area contributed by atoms with Crippen molar-refractivity contribution in [2.75, 3.05) is 19.6 Å². The normalized spacial score (nSPS) is 22.0. The molecule has 0 heterocycles. The van der Waals surface area contributed by atoms with E-state index in [4.69, 9.17) is 5.11 Å². The monoisotopic (exact) mass is 270 g/mol. The smallest absolute Gasteiger partial charge is 0.306 e. The van der Waals surface area contributed by atoms with Gasteiger partial charge in [0.1, 0.15) is 0 Å². The quantitative estimate of drug-likeness (QED) is 0.734. The highest BCUT2D eigenvalue weighted by atomic mass is 16.4. The van der Waals surface area contributed by atoms with Gasteiger partial charge < -0.3 is 15.3 Å². The molecule has 0 saturated heterocycles. The summed E-state index contributed by atoms with van der Waals surface area (Å²) in [6.45, 7) is 5.01. The molecule has 0 radical (unpaired) electrons. The van der Waals surface area contributed by atoms with Crippen LogP contribution in [0.2, 0.25) is 0 Å². The Morgan fingerprint density at radius 2 is 1.74 bits per heavy atom. The van der Waals surface area contributed by atoms with Crippen molar-refractivity contribution in [3.8, 4) is 0 Å². The lowest BCUT2D eigenvalue weighted by Crippen LogP contribution is -2.41. The first kappa shape index (κ1) is 15.5. The Kier molecular flexibility index (Phi) is 5.79. The zero-order valence-electron chi connectivity index (χ0n) is 11.5. The highest BCUT2D eigenvalue weighted by Gasteiger charge is 2.33. The Hall–Kier alpha value is -1.59. The van der Waals surface area contributed by atoms with Crippen molar-refractivity contribution in [2.24, 2.45) is 11.8 Å². The summed E-state index contributed by atoms with van der Waals surface area (Å²) < 4.78 is 0. The number of likely N-dealkylation sites (N-methyl/N-ethyl adjacent to an activating group) is 1. The molecule has 0 bridgehead atoms. The van der Waals surface area contributed by atoms with Crippen LogP contribution in [-0.2, 0) is 14.4 Å². The first-order valence-electron chi connectivity index (χ1n) is 6.77. The standard InChI is InChI=1S/C13H22N2O4/c1-3-15(4-2)11(16)8-14-12(17)9-5-6-10(7-9)13(18)19/h9-10H,3-8H2,1-2H3,(H,14,17)(H,18,19). The van der Waals surface area contributed by atoms with Crippen molar-refractivity contribution in [3.63, 3.8) is 0 Å². The molecule has 1 saturated carbocycles. The Bertz CT molecular complexity index is 353. The fourth-order valence-corrected chi connectivity index (χ4v) is 2.44. The second-order valence-corrected chi connectivity index (χ2v) is 4.83. The summed E-state index contributed by atoms with van der Waals surface area (Å²) in [6.07, 6.45) is 1.50. The second kappa shape index (κ2) is 7.11. The number of nitrogens with one attached hydrogen (secondary N) is 1. The van der Waals surface area contributed by atoms with Gasteiger partial charge in [-0.15, -0.1) is 0 Å². The van der Waals surface area contributed by atoms with Crippen molar-refractivity contribution in [3.05, 3.63) is 0 Å². The topological polar surface area (TPSA) is 86.7 Å². The van der Waals surface area contributed by atoms with Crippen LogP contribution in [0.25, 0.3) is 0 Å². The largest absolute Gasteiger partial charge is 0.481 e. The molecule has 0 spiro atoms. The Morgan fingerprint density at radius 1 is 1.16 bits per heavy atom. The zero-order chi connectivity index (χ0) is 14.4. The van der Waals surface area contributed by atoms with Gasteiger partial charge in [0.05, 0.1) is 12.5 Å². The van der Waals surface area contributed by atoms with E-state index in [1.807, 2.05) is 13.8 Å². The number of carboxylic acids is 1. The molecule has 6 heteroatoms. The van der Waals surface area contributed by atoms with E-state index in [0.717, 1.165) is 0 Å². The lowest BCUT2D eigenvalue weighted by atomic mass is 10.0. The Balaban J connectivity index is 2.36. The van der Waals surface area contributed by atoms with E-state index in [1.165, 1.54) is 0 Å². The van der Waals surface area contributed by atoms with E-state index in [0.29, 0.717) is 32.4 Å². The number of carboxylic acid groups (broad SMARTS) is 1. The molecule has 19 heavy (non-hydrogen) atoms. The van der Waals surface area contributed by atoms with Crippen molar-refractivity contribution in [1.82, 2.24) is 10.2 Å². The minimum Gasteiger partial charge on any atom is -0.481 e. The third kappa shape index (κ3) is 4.22. The molecule has 6 nitrogen and oxygen atoms in total. The van der Waals surface area contributed by atoms with Gasteiger partial charge in [-0.3, -0.25) is 14.4 Å². The van der Waals surface area contributed by atoms with Crippen LogP contribution < -0.4 is 5.32 Å². The lowest BCUT2D eigenvalue weighted by molar-refractivity contribution is -0.141. The van der Waals surface area contributed by atoms with Crippen LogP contribution in [0.3, 0.4) is 0 Å². The van der Waals surface area contributed by atoms with Crippen molar-refractivity contribution >= 4 is 17.8 Å². The fraction of sp³-hybridized carbons (Fsp3) is 0.769. The summed E-state index contributed by atoms with van der Waals surface area (Å²) in [7, 11) is 0. The lowest BCUT2D eigenvalue weighted by Gasteiger charge is -2.19. The van der Waals surface area contributed by atoms with Crippen LogP contribution in [0.1, 0.15) is 33.1 Å². The fourth-order valence-electron chi connectivity index (χ4n) is 2.44. The molecule has 2 atom stereocenters. The van der Waals surface area contributed by atoms with Crippen molar-refractivity contribution in [1.29, 1.82) is 0 Å². The summed E-state index contributed by atoms with van der Waals surface area (Å²) in [5.74, 6) is -1.84. The molecule has 0 aromatic rings. The number of rotatable bonds is 6. The van der Waals surface area contributed by atoms with Crippen molar-refractivity contribution in [2.45, 2.75) is 33.1 Å². The third-order valence-electron chi connectivity index (χ3n) is 3.68. The second-order valence-electron chi connectivity index (χ2n) is 4.83. The highest BCUT2D eigenvalue weighted by molar-refractivity contribution is 5.86. The van der Waals surface area contributed by atoms with Crippen molar-refractivity contribution < 1.29 is 19.5 Å². The summed E-state index contributed by atoms with van der Waals surface area (Å²) in [5, 5.41) is 11.5. The van der Waals surface area contributed by atoms with E-state index >= 15 is 0 Å². The van der Waals surface area contributed by atoms with Gasteiger partial charge in [0.25, 0.3) is 0 Å². The molecule has 1 aliphatic rings. The zero-order valence-corrected chi connectivity index (χ0v) is 11.5. The molecule has 108 valence electrons. The van der Waals surface area contributed by atoms with E-state index in [2.05, 4.69) is 5.32 Å². The number of hydrogen-bond donors (Lipinski definition) is 2. The molecule has 2 amide bonds. The Morgan fingerprint density at radius 3 is 2.21 bits per heavy atom. The number of carbonyl (C=O) groups is 3. The molecule has 1 rings (SSSR count). The first-order valence-corrected chi connectivity index (χ1v) is 6.77. The molecular formula is C13H22N2O4. The summed E-state index contributed by atoms with van der Waals surface area (Å²) >= 11 is 0. The predicted molar refractivity (Wildman–Crippen MR) is 69.4 cm³/mol. The van der Waals surface area contributed by atoms with Gasteiger partial charge in [0.15, 0.2) is 0 Å². The Labute approximate surface area is 113 Å². The average Bonchev–Trinajstić information content (AvgIpc) is 2.87. The number of amides is 2. The highest BCUT2D eigenvalue weighted by Crippen LogP contribution is 2.30. The van der Waals surface area contributed by atoms with Crippen LogP contribution >= 0.6 is 0 Å². The number of nitrogens with zero attached hydrogens (tertiary/aromatic N) is 1. The van der Waals surface area contributed by atoms with E-state index < -0.39 is 11.9 Å². The summed E-state index contributed by atoms with van der Waals surface area (Å²) in [5.41, 5.74) is 0. The molecule has 0 aromatic carbocycles. The van der Waals surface area contributed by atoms with Gasteiger partial charge in [-0.05, 0) is 33.1 Å². The SMILES string of the molecule is CCN(CC)C(=O)CNC(=O)C1CCC(C(=O)O)C1. The molecule has 1 aliphatic carbocycles. The van der Waals surface area contributed by atoms with Crippen LogP contribution in [0, 0.1) is 11.8 Å².